The Balaban J connectivity index is 2.06. The predicted molar refractivity (Wildman–Crippen MR) is 103 cm³/mol. The van der Waals surface area contributed by atoms with Gasteiger partial charge in [0.1, 0.15) is 11.6 Å². The molecule has 0 bridgehead atoms. The molecule has 132 valence electrons. The number of nitrogens with zero attached hydrogens (tertiary/aromatic N) is 4. The van der Waals surface area contributed by atoms with Gasteiger partial charge in [0.25, 0.3) is 0 Å². The van der Waals surface area contributed by atoms with Crippen LogP contribution in [0.2, 0.25) is 0 Å². The van der Waals surface area contributed by atoms with E-state index in [9.17, 15) is 0 Å². The van der Waals surface area contributed by atoms with Crippen LogP contribution in [0.4, 0.5) is 11.6 Å². The summed E-state index contributed by atoms with van der Waals surface area (Å²) in [5.74, 6) is 1.46. The lowest BCUT2D eigenvalue weighted by Crippen LogP contribution is -2.37. The van der Waals surface area contributed by atoms with Crippen LogP contribution in [0.25, 0.3) is 11.2 Å². The average Bonchev–Trinajstić information content (AvgIpc) is 3.05. The minimum absolute atomic E-state index is 0.503. The van der Waals surface area contributed by atoms with Gasteiger partial charge in [0.05, 0.1) is 18.9 Å². The molecular weight excluding hydrogens is 314 g/mol. The number of aromatic nitrogens is 3. The van der Waals surface area contributed by atoms with E-state index in [1.165, 1.54) is 0 Å². The lowest BCUT2D eigenvalue weighted by atomic mass is 10.1. The molecule has 6 nitrogen and oxygen atoms in total. The maximum Gasteiger partial charge on any atom is 0.160 e. The van der Waals surface area contributed by atoms with Gasteiger partial charge in [-0.3, -0.25) is 0 Å². The van der Waals surface area contributed by atoms with Crippen LogP contribution in [-0.4, -0.2) is 40.9 Å². The molecule has 3 heterocycles. The Bertz CT molecular complexity index is 813. The van der Waals surface area contributed by atoms with Crippen molar-refractivity contribution >= 4 is 22.9 Å². The molecule has 2 aromatic heterocycles. The maximum atomic E-state index is 6.02. The molecular formula is C19H25N5O. The Morgan fingerprint density at radius 1 is 1.32 bits per heavy atom. The first-order chi connectivity index (χ1) is 12.2. The van der Waals surface area contributed by atoms with Gasteiger partial charge in [-0.15, -0.1) is 0 Å². The number of hydrogen-bond acceptors (Lipinski definition) is 5. The van der Waals surface area contributed by atoms with Gasteiger partial charge in [0.2, 0.25) is 0 Å². The van der Waals surface area contributed by atoms with Crippen molar-refractivity contribution < 1.29 is 4.74 Å². The van der Waals surface area contributed by atoms with E-state index in [4.69, 9.17) is 15.6 Å². The molecule has 0 atom stereocenters. The van der Waals surface area contributed by atoms with Gasteiger partial charge in [0, 0.05) is 30.8 Å². The number of nitrogen functional groups attached to an aromatic ring is 1. The fourth-order valence-corrected chi connectivity index (χ4v) is 2.85. The number of anilines is 2. The summed E-state index contributed by atoms with van der Waals surface area (Å²) in [6, 6.07) is 3.86. The second kappa shape index (κ2) is 7.98. The molecule has 0 saturated carbocycles. The third-order valence-electron chi connectivity index (χ3n) is 4.05. The fourth-order valence-electron chi connectivity index (χ4n) is 2.85. The van der Waals surface area contributed by atoms with E-state index < -0.39 is 0 Å². The van der Waals surface area contributed by atoms with Crippen LogP contribution in [0.1, 0.15) is 26.0 Å². The molecule has 1 fully saturated rings. The molecule has 25 heavy (non-hydrogen) atoms. The molecule has 1 aliphatic rings. The summed E-state index contributed by atoms with van der Waals surface area (Å²) in [7, 11) is 0. The summed E-state index contributed by atoms with van der Waals surface area (Å²) in [6.45, 7) is 7.19. The Kier molecular flexibility index (Phi) is 5.50. The molecule has 3 rings (SSSR count). The zero-order valence-electron chi connectivity index (χ0n) is 14.9. The number of fused-ring (bicyclic) bond motifs is 1. The van der Waals surface area contributed by atoms with E-state index in [1.807, 2.05) is 29.6 Å². The molecule has 1 aliphatic heterocycles. The monoisotopic (exact) mass is 339 g/mol. The molecule has 6 heteroatoms. The van der Waals surface area contributed by atoms with Crippen molar-refractivity contribution in [3.63, 3.8) is 0 Å². The normalized spacial score (nSPS) is 16.6. The topological polar surface area (TPSA) is 68.7 Å². The highest BCUT2D eigenvalue weighted by atomic mass is 16.5. The Morgan fingerprint density at radius 2 is 2.12 bits per heavy atom. The number of hydrogen-bond donors (Lipinski definition) is 1. The van der Waals surface area contributed by atoms with Crippen LogP contribution in [-0.2, 0) is 4.74 Å². The van der Waals surface area contributed by atoms with Gasteiger partial charge in [0.15, 0.2) is 5.65 Å². The maximum absolute atomic E-state index is 6.02. The summed E-state index contributed by atoms with van der Waals surface area (Å²) in [6.07, 6.45) is 11.3. The zero-order valence-corrected chi connectivity index (χ0v) is 14.9. The van der Waals surface area contributed by atoms with E-state index >= 15 is 0 Å². The molecule has 0 radical (unpaired) electrons. The first kappa shape index (κ1) is 17.2. The van der Waals surface area contributed by atoms with Gasteiger partial charge < -0.3 is 15.4 Å². The van der Waals surface area contributed by atoms with Crippen molar-refractivity contribution in [3.05, 3.63) is 48.2 Å². The zero-order chi connectivity index (χ0) is 17.6. The van der Waals surface area contributed by atoms with Crippen LogP contribution in [0, 0.1) is 0 Å². The van der Waals surface area contributed by atoms with Gasteiger partial charge in [-0.2, -0.15) is 9.61 Å². The summed E-state index contributed by atoms with van der Waals surface area (Å²) < 4.78 is 7.32. The SMILES string of the molecule is C\C=C/C(=C\C=C\CC)c1cc2nc(N)cc(N3CCOCC3)n2n1. The molecule has 0 aromatic carbocycles. The second-order valence-electron chi connectivity index (χ2n) is 5.90. The third kappa shape index (κ3) is 3.91. The number of ether oxygens (including phenoxy) is 1. The quantitative estimate of drug-likeness (QED) is 0.848. The third-order valence-corrected chi connectivity index (χ3v) is 4.05. The number of allylic oxidation sites excluding steroid dienone is 6. The Morgan fingerprint density at radius 3 is 2.84 bits per heavy atom. The first-order valence-corrected chi connectivity index (χ1v) is 8.71. The highest BCUT2D eigenvalue weighted by Gasteiger charge is 2.17. The molecule has 0 unspecified atom stereocenters. The van der Waals surface area contributed by atoms with Crippen molar-refractivity contribution in [2.45, 2.75) is 20.3 Å². The number of rotatable bonds is 5. The molecule has 0 spiro atoms. The number of morpholine rings is 1. The molecule has 0 amide bonds. The predicted octanol–water partition coefficient (Wildman–Crippen LogP) is 3.07. The van der Waals surface area contributed by atoms with Crippen molar-refractivity contribution in [2.75, 3.05) is 36.9 Å². The summed E-state index contributed by atoms with van der Waals surface area (Å²) in [4.78, 5) is 6.68. The Hall–Kier alpha value is -2.60. The minimum Gasteiger partial charge on any atom is -0.384 e. The van der Waals surface area contributed by atoms with E-state index in [2.05, 4.69) is 41.1 Å². The Labute approximate surface area is 148 Å². The lowest BCUT2D eigenvalue weighted by Gasteiger charge is -2.28. The molecule has 1 saturated heterocycles. The van der Waals surface area contributed by atoms with E-state index in [0.29, 0.717) is 19.0 Å². The summed E-state index contributed by atoms with van der Waals surface area (Å²) >= 11 is 0. The minimum atomic E-state index is 0.503. The largest absolute Gasteiger partial charge is 0.384 e. The highest BCUT2D eigenvalue weighted by molar-refractivity contribution is 5.75. The van der Waals surface area contributed by atoms with Gasteiger partial charge in [-0.1, -0.05) is 37.3 Å². The van der Waals surface area contributed by atoms with Gasteiger partial charge in [-0.25, -0.2) is 4.98 Å². The van der Waals surface area contributed by atoms with Crippen molar-refractivity contribution in [3.8, 4) is 0 Å². The number of nitrogens with two attached hydrogens (primary N) is 1. The van der Waals surface area contributed by atoms with Crippen molar-refractivity contribution in [1.82, 2.24) is 14.6 Å². The van der Waals surface area contributed by atoms with E-state index in [1.54, 1.807) is 0 Å². The highest BCUT2D eigenvalue weighted by Crippen LogP contribution is 2.23. The van der Waals surface area contributed by atoms with E-state index in [-0.39, 0.29) is 0 Å². The fraction of sp³-hybridized carbons (Fsp3) is 0.368. The second-order valence-corrected chi connectivity index (χ2v) is 5.90. The standard InChI is InChI=1S/C19H25N5O/c1-3-5-6-8-15(7-4-2)16-13-18-21-17(20)14-19(24(18)22-16)23-9-11-25-12-10-23/h4-8,13-14H,3,9-12H2,1-2H3,(H2,20,21)/b6-5+,7-4-,15-8+. The van der Waals surface area contributed by atoms with Crippen molar-refractivity contribution in [1.29, 1.82) is 0 Å². The summed E-state index contributed by atoms with van der Waals surface area (Å²) in [5, 5.41) is 4.79. The van der Waals surface area contributed by atoms with Crippen LogP contribution in [0.5, 0.6) is 0 Å². The average molecular weight is 339 g/mol. The smallest absolute Gasteiger partial charge is 0.160 e. The van der Waals surface area contributed by atoms with Gasteiger partial charge in [-0.05, 0) is 13.3 Å². The van der Waals surface area contributed by atoms with Crippen LogP contribution in [0.15, 0.2) is 42.5 Å². The first-order valence-electron chi connectivity index (χ1n) is 8.71. The van der Waals surface area contributed by atoms with Crippen LogP contribution >= 0.6 is 0 Å². The van der Waals surface area contributed by atoms with Crippen LogP contribution in [0.3, 0.4) is 0 Å². The lowest BCUT2D eigenvalue weighted by molar-refractivity contribution is 0.122. The molecule has 0 aliphatic carbocycles. The van der Waals surface area contributed by atoms with Gasteiger partial charge >= 0.3 is 0 Å². The van der Waals surface area contributed by atoms with Crippen molar-refractivity contribution in [2.24, 2.45) is 0 Å². The molecule has 2 aromatic rings. The van der Waals surface area contributed by atoms with Crippen LogP contribution < -0.4 is 10.6 Å². The molecule has 2 N–H and O–H groups in total. The summed E-state index contributed by atoms with van der Waals surface area (Å²) in [5.41, 5.74) is 8.71. The van der Waals surface area contributed by atoms with E-state index in [0.717, 1.165) is 42.2 Å².